The molecule has 5 aromatic rings. The molecule has 0 radical (unpaired) electrons. The van der Waals surface area contributed by atoms with Crippen LogP contribution in [0.25, 0.3) is 10.1 Å². The zero-order valence-corrected chi connectivity index (χ0v) is 22.9. The molecule has 1 atom stereocenters. The fraction of sp³-hybridized carbons (Fsp3) is 0.0323. The Labute approximate surface area is 243 Å². The summed E-state index contributed by atoms with van der Waals surface area (Å²) < 4.78 is 18.2. The Kier molecular flexibility index (Phi) is 6.82. The van der Waals surface area contributed by atoms with E-state index in [0.717, 1.165) is 10.3 Å². The van der Waals surface area contributed by atoms with E-state index in [0.29, 0.717) is 33.2 Å². The maximum atomic E-state index is 13.0. The van der Waals surface area contributed by atoms with Gasteiger partial charge in [-0.1, -0.05) is 65.7 Å². The largest absolute Gasteiger partial charge is 0.457 e. The number of ether oxygens (including phenoxy) is 3. The minimum absolute atomic E-state index is 0.0277. The Morgan fingerprint density at radius 3 is 2.48 bits per heavy atom. The first-order chi connectivity index (χ1) is 19.4. The standard InChI is InChI=1S/C31H18Cl2N2O4S/c32-23-10-5-11-25-27(23)28(33)29(40-25)31(36)38-20-12-13-21-24(15-20)39-30(35)22(16-34)26(21)17-6-4-9-19(14-17)37-18-7-2-1-3-8-18/h1-15,26H,35H2. The zero-order chi connectivity index (χ0) is 27.8. The summed E-state index contributed by atoms with van der Waals surface area (Å²) in [6.07, 6.45) is 0. The number of nitrogens with two attached hydrogens (primary N) is 1. The van der Waals surface area contributed by atoms with Crippen molar-refractivity contribution in [2.24, 2.45) is 5.73 Å². The number of halogens is 2. The molecule has 9 heteroatoms. The third-order valence-corrected chi connectivity index (χ3v) is 8.30. The predicted molar refractivity (Wildman–Crippen MR) is 156 cm³/mol. The van der Waals surface area contributed by atoms with Gasteiger partial charge in [-0.2, -0.15) is 5.26 Å². The summed E-state index contributed by atoms with van der Waals surface area (Å²) in [5.41, 5.74) is 7.92. The molecule has 0 fully saturated rings. The summed E-state index contributed by atoms with van der Waals surface area (Å²) in [5.74, 6) is 0.732. The highest BCUT2D eigenvalue weighted by atomic mass is 35.5. The highest BCUT2D eigenvalue weighted by Crippen LogP contribution is 2.45. The first-order valence-electron chi connectivity index (χ1n) is 12.1. The van der Waals surface area contributed by atoms with Crippen LogP contribution in [0.3, 0.4) is 0 Å². The van der Waals surface area contributed by atoms with Crippen molar-refractivity contribution in [3.05, 3.63) is 129 Å². The van der Waals surface area contributed by atoms with Crippen molar-refractivity contribution in [3.8, 4) is 29.1 Å². The molecule has 4 aromatic carbocycles. The molecule has 2 heterocycles. The second kappa shape index (κ2) is 10.6. The molecule has 0 amide bonds. The van der Waals surface area contributed by atoms with Crippen molar-refractivity contribution >= 4 is 50.6 Å². The topological polar surface area (TPSA) is 94.6 Å². The second-order valence-electron chi connectivity index (χ2n) is 8.86. The number of carbonyl (C=O) groups excluding carboxylic acids is 1. The van der Waals surface area contributed by atoms with Gasteiger partial charge in [-0.3, -0.25) is 0 Å². The van der Waals surface area contributed by atoms with Crippen molar-refractivity contribution in [1.82, 2.24) is 0 Å². The van der Waals surface area contributed by atoms with Gasteiger partial charge in [-0.25, -0.2) is 4.79 Å². The number of benzene rings is 4. The molecule has 2 N–H and O–H groups in total. The number of rotatable bonds is 5. The Bertz CT molecular complexity index is 1860. The van der Waals surface area contributed by atoms with E-state index in [2.05, 4.69) is 6.07 Å². The molecule has 0 saturated carbocycles. The van der Waals surface area contributed by atoms with Gasteiger partial charge in [0, 0.05) is 21.7 Å². The Morgan fingerprint density at radius 2 is 1.70 bits per heavy atom. The lowest BCUT2D eigenvalue weighted by atomic mass is 9.83. The average Bonchev–Trinajstić information content (AvgIpc) is 3.30. The van der Waals surface area contributed by atoms with Gasteiger partial charge in [0.25, 0.3) is 0 Å². The van der Waals surface area contributed by atoms with Crippen molar-refractivity contribution in [2.75, 3.05) is 0 Å². The lowest BCUT2D eigenvalue weighted by Gasteiger charge is -2.27. The number of hydrogen-bond acceptors (Lipinski definition) is 7. The third-order valence-electron chi connectivity index (χ3n) is 6.36. The molecule has 1 aliphatic heterocycles. The van der Waals surface area contributed by atoms with Gasteiger partial charge in [0.1, 0.15) is 39.5 Å². The minimum Gasteiger partial charge on any atom is -0.457 e. The third kappa shape index (κ3) is 4.74. The van der Waals surface area contributed by atoms with Crippen molar-refractivity contribution < 1.29 is 19.0 Å². The summed E-state index contributed by atoms with van der Waals surface area (Å²) in [7, 11) is 0. The molecule has 1 unspecified atom stereocenters. The monoisotopic (exact) mass is 584 g/mol. The number of fused-ring (bicyclic) bond motifs is 2. The van der Waals surface area contributed by atoms with Crippen molar-refractivity contribution in [1.29, 1.82) is 5.26 Å². The van der Waals surface area contributed by atoms with E-state index in [9.17, 15) is 10.1 Å². The molecule has 0 bridgehead atoms. The summed E-state index contributed by atoms with van der Waals surface area (Å²) in [6.45, 7) is 0. The van der Waals surface area contributed by atoms with Crippen LogP contribution in [0, 0.1) is 11.3 Å². The maximum absolute atomic E-state index is 13.0. The molecule has 1 aromatic heterocycles. The van der Waals surface area contributed by atoms with Crippen LogP contribution < -0.4 is 19.9 Å². The normalized spacial score (nSPS) is 14.3. The molecular formula is C31H18Cl2N2O4S. The van der Waals surface area contributed by atoms with Crippen LogP contribution in [0.15, 0.2) is 102 Å². The van der Waals surface area contributed by atoms with Crippen LogP contribution in [-0.4, -0.2) is 5.97 Å². The molecule has 0 aliphatic carbocycles. The summed E-state index contributed by atoms with van der Waals surface area (Å²) in [6, 6.07) is 29.3. The van der Waals surface area contributed by atoms with Crippen LogP contribution in [0.5, 0.6) is 23.0 Å². The first-order valence-corrected chi connectivity index (χ1v) is 13.6. The van der Waals surface area contributed by atoms with Crippen LogP contribution >= 0.6 is 34.5 Å². The zero-order valence-electron chi connectivity index (χ0n) is 20.6. The molecule has 0 saturated heterocycles. The van der Waals surface area contributed by atoms with Crippen LogP contribution in [0.2, 0.25) is 10.0 Å². The Morgan fingerprint density at radius 1 is 0.925 bits per heavy atom. The van der Waals surface area contributed by atoms with E-state index in [1.807, 2.05) is 60.7 Å². The van der Waals surface area contributed by atoms with Gasteiger partial charge in [-0.15, -0.1) is 11.3 Å². The molecule has 0 spiro atoms. The number of nitrogens with zero attached hydrogens (tertiary/aromatic N) is 1. The van der Waals surface area contributed by atoms with Crippen molar-refractivity contribution in [2.45, 2.75) is 5.92 Å². The molecule has 6 nitrogen and oxygen atoms in total. The van der Waals surface area contributed by atoms with E-state index < -0.39 is 11.9 Å². The van der Waals surface area contributed by atoms with Gasteiger partial charge < -0.3 is 19.9 Å². The fourth-order valence-corrected chi connectivity index (χ4v) is 6.40. The molecular weight excluding hydrogens is 567 g/mol. The molecule has 40 heavy (non-hydrogen) atoms. The summed E-state index contributed by atoms with van der Waals surface area (Å²) in [4.78, 5) is 13.3. The maximum Gasteiger partial charge on any atom is 0.355 e. The van der Waals surface area contributed by atoms with Crippen LogP contribution in [-0.2, 0) is 0 Å². The van der Waals surface area contributed by atoms with Gasteiger partial charge in [0.05, 0.1) is 16.0 Å². The summed E-state index contributed by atoms with van der Waals surface area (Å²) in [5, 5.41) is 11.3. The predicted octanol–water partition coefficient (Wildman–Crippen LogP) is 8.44. The number of carbonyl (C=O) groups is 1. The Hall–Kier alpha value is -4.48. The fourth-order valence-electron chi connectivity index (χ4n) is 4.58. The number of para-hydroxylation sites is 1. The number of nitriles is 1. The van der Waals surface area contributed by atoms with Gasteiger partial charge in [0.15, 0.2) is 0 Å². The second-order valence-corrected chi connectivity index (χ2v) is 10.7. The van der Waals surface area contributed by atoms with E-state index in [-0.39, 0.29) is 27.1 Å². The van der Waals surface area contributed by atoms with E-state index in [1.165, 1.54) is 11.3 Å². The SMILES string of the molecule is N#CC1=C(N)Oc2cc(OC(=O)c3sc4cccc(Cl)c4c3Cl)ccc2C1c1cccc(Oc2ccccc2)c1. The van der Waals surface area contributed by atoms with E-state index >= 15 is 0 Å². The van der Waals surface area contributed by atoms with Gasteiger partial charge in [-0.05, 0) is 48.0 Å². The molecule has 1 aliphatic rings. The number of allylic oxidation sites excluding steroid dienone is 1. The van der Waals surface area contributed by atoms with Crippen molar-refractivity contribution in [3.63, 3.8) is 0 Å². The number of esters is 1. The smallest absolute Gasteiger partial charge is 0.355 e. The lowest BCUT2D eigenvalue weighted by Crippen LogP contribution is -2.21. The number of thiophene rings is 1. The van der Waals surface area contributed by atoms with Gasteiger partial charge in [0.2, 0.25) is 5.88 Å². The van der Waals surface area contributed by atoms with Crippen LogP contribution in [0.4, 0.5) is 0 Å². The quantitative estimate of drug-likeness (QED) is 0.164. The van der Waals surface area contributed by atoms with Crippen LogP contribution in [0.1, 0.15) is 26.7 Å². The average molecular weight is 585 g/mol. The van der Waals surface area contributed by atoms with E-state index in [4.69, 9.17) is 43.1 Å². The van der Waals surface area contributed by atoms with E-state index in [1.54, 1.807) is 30.3 Å². The minimum atomic E-state index is -0.624. The number of hydrogen-bond donors (Lipinski definition) is 1. The highest BCUT2D eigenvalue weighted by molar-refractivity contribution is 7.21. The lowest BCUT2D eigenvalue weighted by molar-refractivity contribution is 0.0740. The molecule has 196 valence electrons. The van der Waals surface area contributed by atoms with Gasteiger partial charge >= 0.3 is 5.97 Å². The Balaban J connectivity index is 1.32. The summed E-state index contributed by atoms with van der Waals surface area (Å²) >= 11 is 14.0. The highest BCUT2D eigenvalue weighted by Gasteiger charge is 2.31. The molecule has 6 rings (SSSR count). The first kappa shape index (κ1) is 25.8.